The zero-order chi connectivity index (χ0) is 22.1. The highest BCUT2D eigenvalue weighted by Crippen LogP contribution is 2.28. The molecule has 6 nitrogen and oxygen atoms in total. The molecule has 3 aromatic rings. The van der Waals surface area contributed by atoms with Crippen molar-refractivity contribution in [1.29, 1.82) is 0 Å². The van der Waals surface area contributed by atoms with Crippen molar-refractivity contribution in [3.63, 3.8) is 0 Å². The van der Waals surface area contributed by atoms with Crippen LogP contribution in [-0.4, -0.2) is 22.7 Å². The second kappa shape index (κ2) is 10.4. The van der Waals surface area contributed by atoms with Gasteiger partial charge >= 0.3 is 12.1 Å². The number of alkyl carbamates (subject to hydrolysis) is 1. The molecule has 31 heavy (non-hydrogen) atoms. The lowest BCUT2D eigenvalue weighted by Gasteiger charge is -2.33. The summed E-state index contributed by atoms with van der Waals surface area (Å²) in [5, 5.41) is 13.5. The van der Waals surface area contributed by atoms with Gasteiger partial charge in [0.05, 0.1) is 0 Å². The van der Waals surface area contributed by atoms with E-state index in [4.69, 9.17) is 9.47 Å². The zero-order valence-electron chi connectivity index (χ0n) is 17.2. The van der Waals surface area contributed by atoms with Gasteiger partial charge in [-0.2, -0.15) is 0 Å². The van der Waals surface area contributed by atoms with Crippen molar-refractivity contribution in [3.05, 3.63) is 108 Å². The van der Waals surface area contributed by atoms with Gasteiger partial charge in [-0.1, -0.05) is 91.0 Å². The Bertz CT molecular complexity index is 979. The molecule has 0 bridgehead atoms. The number of carbonyl (C=O) groups is 2. The van der Waals surface area contributed by atoms with Crippen LogP contribution in [0.3, 0.4) is 0 Å². The molecule has 0 aliphatic heterocycles. The van der Waals surface area contributed by atoms with Crippen LogP contribution in [0.1, 0.15) is 29.7 Å². The molecule has 3 aromatic carbocycles. The number of hydrogen-bond donors (Lipinski definition) is 2. The van der Waals surface area contributed by atoms with Crippen molar-refractivity contribution in [1.82, 2.24) is 5.32 Å². The van der Waals surface area contributed by atoms with Crippen molar-refractivity contribution >= 4 is 12.1 Å². The fourth-order valence-electron chi connectivity index (χ4n) is 3.04. The minimum absolute atomic E-state index is 0.0114. The Balaban J connectivity index is 1.74. The second-order valence-electron chi connectivity index (χ2n) is 7.26. The lowest BCUT2D eigenvalue weighted by molar-refractivity contribution is -0.157. The van der Waals surface area contributed by atoms with Crippen LogP contribution in [0, 0.1) is 0 Å². The van der Waals surface area contributed by atoms with E-state index in [9.17, 15) is 14.7 Å². The molecule has 0 saturated carbocycles. The Labute approximate surface area is 181 Å². The Hall–Kier alpha value is -3.64. The quantitative estimate of drug-likeness (QED) is 0.536. The standard InChI is InChI=1S/C25H25NO5/c1-25(22(27)21-15-9-4-10-16-21,23(28)30-17-19-11-5-2-6-12-19)26-24(29)31-18-20-13-7-3-8-14-20/h2-16,22,27H,17-18H2,1H3,(H,26,29)/t22-,25-/m1/s1. The summed E-state index contributed by atoms with van der Waals surface area (Å²) < 4.78 is 10.7. The van der Waals surface area contributed by atoms with Crippen LogP contribution < -0.4 is 5.32 Å². The van der Waals surface area contributed by atoms with Crippen LogP contribution in [0.5, 0.6) is 0 Å². The lowest BCUT2D eigenvalue weighted by atomic mass is 9.89. The van der Waals surface area contributed by atoms with Gasteiger partial charge in [0.1, 0.15) is 19.3 Å². The molecule has 2 N–H and O–H groups in total. The zero-order valence-corrected chi connectivity index (χ0v) is 17.2. The average molecular weight is 419 g/mol. The molecule has 2 atom stereocenters. The number of carbonyl (C=O) groups excluding carboxylic acids is 2. The first-order valence-electron chi connectivity index (χ1n) is 9.92. The van der Waals surface area contributed by atoms with Crippen molar-refractivity contribution in [3.8, 4) is 0 Å². The van der Waals surface area contributed by atoms with E-state index in [0.29, 0.717) is 5.56 Å². The van der Waals surface area contributed by atoms with Gasteiger partial charge in [0.2, 0.25) is 0 Å². The van der Waals surface area contributed by atoms with E-state index in [0.717, 1.165) is 11.1 Å². The molecular weight excluding hydrogens is 394 g/mol. The molecule has 0 aromatic heterocycles. The van der Waals surface area contributed by atoms with Crippen LogP contribution in [0.2, 0.25) is 0 Å². The van der Waals surface area contributed by atoms with Gasteiger partial charge in [-0.3, -0.25) is 0 Å². The second-order valence-corrected chi connectivity index (χ2v) is 7.26. The maximum atomic E-state index is 13.0. The normalized spacial score (nSPS) is 13.5. The summed E-state index contributed by atoms with van der Waals surface area (Å²) in [4.78, 5) is 25.5. The number of esters is 1. The van der Waals surface area contributed by atoms with Gasteiger partial charge in [-0.15, -0.1) is 0 Å². The van der Waals surface area contributed by atoms with Crippen LogP contribution in [0.15, 0.2) is 91.0 Å². The van der Waals surface area contributed by atoms with Crippen LogP contribution in [0.25, 0.3) is 0 Å². The van der Waals surface area contributed by atoms with Gasteiger partial charge < -0.3 is 19.9 Å². The number of ether oxygens (including phenoxy) is 2. The van der Waals surface area contributed by atoms with Crippen molar-refractivity contribution in [2.45, 2.75) is 31.8 Å². The van der Waals surface area contributed by atoms with Crippen molar-refractivity contribution < 1.29 is 24.2 Å². The molecule has 0 spiro atoms. The molecule has 0 unspecified atom stereocenters. The molecule has 160 valence electrons. The topological polar surface area (TPSA) is 84.9 Å². The molecule has 0 radical (unpaired) electrons. The van der Waals surface area contributed by atoms with Crippen LogP contribution in [-0.2, 0) is 27.5 Å². The highest BCUT2D eigenvalue weighted by Gasteiger charge is 2.45. The number of nitrogens with one attached hydrogen (secondary N) is 1. The Morgan fingerprint density at radius 1 is 0.806 bits per heavy atom. The summed E-state index contributed by atoms with van der Waals surface area (Å²) in [7, 11) is 0. The van der Waals surface area contributed by atoms with E-state index in [-0.39, 0.29) is 13.2 Å². The minimum atomic E-state index is -1.76. The molecule has 0 aliphatic rings. The maximum absolute atomic E-state index is 13.0. The van der Waals surface area contributed by atoms with Crippen LogP contribution >= 0.6 is 0 Å². The Kier molecular flexibility index (Phi) is 7.40. The first kappa shape index (κ1) is 22.1. The smallest absolute Gasteiger partial charge is 0.408 e. The van der Waals surface area contributed by atoms with Gasteiger partial charge in [-0.25, -0.2) is 9.59 Å². The Morgan fingerprint density at radius 2 is 1.26 bits per heavy atom. The van der Waals surface area contributed by atoms with Gasteiger partial charge in [-0.05, 0) is 23.6 Å². The van der Waals surface area contributed by atoms with Gasteiger partial charge in [0.15, 0.2) is 5.54 Å². The summed E-state index contributed by atoms with van der Waals surface area (Å²) in [5.41, 5.74) is 0.294. The maximum Gasteiger partial charge on any atom is 0.408 e. The molecule has 3 rings (SSSR count). The van der Waals surface area contributed by atoms with E-state index in [2.05, 4.69) is 5.32 Å². The molecule has 1 amide bonds. The van der Waals surface area contributed by atoms with E-state index in [1.54, 1.807) is 30.3 Å². The number of amides is 1. The molecule has 0 saturated heterocycles. The highest BCUT2D eigenvalue weighted by molar-refractivity contribution is 5.86. The summed E-state index contributed by atoms with van der Waals surface area (Å²) in [6, 6.07) is 26.9. The summed E-state index contributed by atoms with van der Waals surface area (Å²) in [5.74, 6) is -0.774. The van der Waals surface area contributed by atoms with E-state index >= 15 is 0 Å². The summed E-state index contributed by atoms with van der Waals surface area (Å²) >= 11 is 0. The van der Waals surface area contributed by atoms with E-state index in [1.165, 1.54) is 6.92 Å². The first-order valence-corrected chi connectivity index (χ1v) is 9.92. The fourth-order valence-corrected chi connectivity index (χ4v) is 3.04. The number of aliphatic hydroxyl groups is 1. The van der Waals surface area contributed by atoms with E-state index < -0.39 is 23.7 Å². The van der Waals surface area contributed by atoms with E-state index in [1.807, 2.05) is 60.7 Å². The number of benzene rings is 3. The SMILES string of the molecule is C[C@](NC(=O)OCc1ccccc1)(C(=O)OCc1ccccc1)[C@H](O)c1ccccc1. The molecule has 0 heterocycles. The third-order valence-corrected chi connectivity index (χ3v) is 4.87. The lowest BCUT2D eigenvalue weighted by Crippen LogP contribution is -2.57. The number of rotatable bonds is 8. The number of aliphatic hydroxyl groups excluding tert-OH is 1. The summed E-state index contributed by atoms with van der Waals surface area (Å²) in [6.07, 6.45) is -2.18. The first-order chi connectivity index (χ1) is 15.0. The Morgan fingerprint density at radius 3 is 1.77 bits per heavy atom. The largest absolute Gasteiger partial charge is 0.459 e. The predicted molar refractivity (Wildman–Crippen MR) is 116 cm³/mol. The predicted octanol–water partition coefficient (Wildman–Crippen LogP) is 4.15. The third-order valence-electron chi connectivity index (χ3n) is 4.87. The van der Waals surface area contributed by atoms with Gasteiger partial charge in [0, 0.05) is 0 Å². The monoisotopic (exact) mass is 419 g/mol. The fraction of sp³-hybridized carbons (Fsp3) is 0.200. The van der Waals surface area contributed by atoms with Gasteiger partial charge in [0.25, 0.3) is 0 Å². The summed E-state index contributed by atoms with van der Waals surface area (Å²) in [6.45, 7) is 1.46. The van der Waals surface area contributed by atoms with Crippen LogP contribution in [0.4, 0.5) is 4.79 Å². The molecule has 0 fully saturated rings. The highest BCUT2D eigenvalue weighted by atomic mass is 16.6. The molecular formula is C25H25NO5. The minimum Gasteiger partial charge on any atom is -0.459 e. The number of hydrogen-bond acceptors (Lipinski definition) is 5. The molecule has 6 heteroatoms. The average Bonchev–Trinajstić information content (AvgIpc) is 2.82. The van der Waals surface area contributed by atoms with Crippen molar-refractivity contribution in [2.75, 3.05) is 0 Å². The molecule has 0 aliphatic carbocycles. The van der Waals surface area contributed by atoms with Crippen molar-refractivity contribution in [2.24, 2.45) is 0 Å². The third kappa shape index (κ3) is 5.93.